The summed E-state index contributed by atoms with van der Waals surface area (Å²) in [5.41, 5.74) is 0.833. The van der Waals surface area contributed by atoms with Gasteiger partial charge in [0.2, 0.25) is 5.91 Å². The molecule has 14 heavy (non-hydrogen) atoms. The van der Waals surface area contributed by atoms with Gasteiger partial charge in [0.05, 0.1) is 0 Å². The van der Waals surface area contributed by atoms with Crippen LogP contribution in [0.5, 0.6) is 0 Å². The second-order valence-corrected chi connectivity index (χ2v) is 3.34. The first-order valence-corrected chi connectivity index (χ1v) is 4.61. The van der Waals surface area contributed by atoms with Crippen molar-refractivity contribution in [3.8, 4) is 0 Å². The van der Waals surface area contributed by atoms with Gasteiger partial charge in [0.25, 0.3) is 0 Å². The van der Waals surface area contributed by atoms with E-state index in [0.717, 1.165) is 0 Å². The van der Waals surface area contributed by atoms with Crippen molar-refractivity contribution in [1.82, 2.24) is 5.32 Å². The number of alkyl halides is 3. The highest BCUT2D eigenvalue weighted by Gasteiger charge is 2.27. The van der Waals surface area contributed by atoms with Crippen molar-refractivity contribution in [3.63, 3.8) is 0 Å². The maximum atomic E-state index is 11.6. The lowest BCUT2D eigenvalue weighted by molar-refractivity contribution is -0.120. The van der Waals surface area contributed by atoms with E-state index >= 15 is 0 Å². The van der Waals surface area contributed by atoms with Crippen LogP contribution < -0.4 is 11.1 Å². The van der Waals surface area contributed by atoms with Crippen LogP contribution in [0.25, 0.3) is 0 Å². The maximum absolute atomic E-state index is 11.6. The molecule has 86 valence electrons. The minimum Gasteiger partial charge on any atom is -0.355 e. The topological polar surface area (TPSA) is 55.1 Å². The van der Waals surface area contributed by atoms with Crippen molar-refractivity contribution >= 4 is 30.1 Å². The van der Waals surface area contributed by atoms with Gasteiger partial charge >= 0.3 is 5.51 Å². The molecule has 0 aliphatic rings. The van der Waals surface area contributed by atoms with Crippen LogP contribution in [0.3, 0.4) is 0 Å². The molecule has 0 aromatic rings. The van der Waals surface area contributed by atoms with Crippen LogP contribution in [0, 0.1) is 0 Å². The van der Waals surface area contributed by atoms with E-state index < -0.39 is 5.51 Å². The lowest BCUT2D eigenvalue weighted by Gasteiger charge is -2.06. The van der Waals surface area contributed by atoms with E-state index in [9.17, 15) is 18.0 Å². The van der Waals surface area contributed by atoms with Crippen molar-refractivity contribution in [3.05, 3.63) is 0 Å². The normalized spacial score (nSPS) is 10.6. The molecule has 0 atom stereocenters. The van der Waals surface area contributed by atoms with Crippen LogP contribution >= 0.6 is 24.2 Å². The van der Waals surface area contributed by atoms with E-state index in [-0.39, 0.29) is 55.3 Å². The Balaban J connectivity index is 0. The molecule has 0 aromatic carbocycles. The molecular formula is C6H12ClF3N2OS. The molecule has 0 heterocycles. The number of amides is 1. The molecule has 0 aromatic heterocycles. The molecule has 0 saturated heterocycles. The number of halogens is 4. The molecular weight excluding hydrogens is 241 g/mol. The van der Waals surface area contributed by atoms with Gasteiger partial charge < -0.3 is 11.1 Å². The summed E-state index contributed by atoms with van der Waals surface area (Å²) in [6.45, 7) is 0.223. The summed E-state index contributed by atoms with van der Waals surface area (Å²) in [4.78, 5) is 10.7. The Morgan fingerprint density at radius 1 is 1.43 bits per heavy atom. The number of nitrogens with one attached hydrogen (secondary N) is 1. The minimum atomic E-state index is -4.22. The maximum Gasteiger partial charge on any atom is 0.441 e. The van der Waals surface area contributed by atoms with Crippen molar-refractivity contribution in [2.45, 2.75) is 11.9 Å². The summed E-state index contributed by atoms with van der Waals surface area (Å²) < 4.78 is 34.7. The highest BCUT2D eigenvalue weighted by atomic mass is 35.5. The summed E-state index contributed by atoms with van der Waals surface area (Å²) >= 11 is -0.152. The molecule has 1 amide bonds. The summed E-state index contributed by atoms with van der Waals surface area (Å²) in [5.74, 6) is -0.481. The van der Waals surface area contributed by atoms with Crippen molar-refractivity contribution in [2.75, 3.05) is 18.8 Å². The number of nitrogens with two attached hydrogens (primary N) is 1. The van der Waals surface area contributed by atoms with Crippen LogP contribution in [-0.4, -0.2) is 30.3 Å². The second-order valence-electron chi connectivity index (χ2n) is 2.18. The third kappa shape index (κ3) is 11.9. The van der Waals surface area contributed by atoms with E-state index in [1.165, 1.54) is 0 Å². The Kier molecular flexibility index (Phi) is 9.53. The highest BCUT2D eigenvalue weighted by Crippen LogP contribution is 2.29. The number of rotatable bonds is 5. The van der Waals surface area contributed by atoms with Gasteiger partial charge in [-0.05, 0) is 11.8 Å². The van der Waals surface area contributed by atoms with Gasteiger partial charge in [-0.2, -0.15) is 13.2 Å². The average molecular weight is 253 g/mol. The van der Waals surface area contributed by atoms with Crippen molar-refractivity contribution in [2.24, 2.45) is 5.73 Å². The molecule has 3 N–H and O–H groups in total. The molecule has 0 unspecified atom stereocenters. The second kappa shape index (κ2) is 8.19. The smallest absolute Gasteiger partial charge is 0.355 e. The molecule has 0 radical (unpaired) electrons. The van der Waals surface area contributed by atoms with E-state index in [4.69, 9.17) is 5.73 Å². The first-order valence-electron chi connectivity index (χ1n) is 3.63. The van der Waals surface area contributed by atoms with E-state index in [2.05, 4.69) is 5.32 Å². The first-order chi connectivity index (χ1) is 5.95. The fourth-order valence-corrected chi connectivity index (χ4v) is 1.01. The van der Waals surface area contributed by atoms with Gasteiger partial charge in [-0.1, -0.05) is 0 Å². The number of carbonyl (C=O) groups excluding carboxylic acids is 1. The fourth-order valence-electron chi connectivity index (χ4n) is 0.577. The summed E-state index contributed by atoms with van der Waals surface area (Å²) in [6.07, 6.45) is 0.149. The lowest BCUT2D eigenvalue weighted by Crippen LogP contribution is -2.28. The van der Waals surface area contributed by atoms with Crippen LogP contribution in [0.15, 0.2) is 0 Å². The summed E-state index contributed by atoms with van der Waals surface area (Å²) in [7, 11) is 0. The summed E-state index contributed by atoms with van der Waals surface area (Å²) in [6, 6.07) is 0. The van der Waals surface area contributed by atoms with E-state index in [1.807, 2.05) is 0 Å². The first kappa shape index (κ1) is 16.3. The number of carbonyl (C=O) groups is 1. The molecule has 0 bridgehead atoms. The highest BCUT2D eigenvalue weighted by molar-refractivity contribution is 8.00. The minimum absolute atomic E-state index is 0. The molecule has 8 heteroatoms. The Morgan fingerprint density at radius 3 is 2.43 bits per heavy atom. The van der Waals surface area contributed by atoms with E-state index in [0.29, 0.717) is 0 Å². The average Bonchev–Trinajstić information content (AvgIpc) is 1.97. The third-order valence-corrected chi connectivity index (χ3v) is 1.80. The molecule has 0 fully saturated rings. The van der Waals surface area contributed by atoms with Crippen LogP contribution in [0.2, 0.25) is 0 Å². The van der Waals surface area contributed by atoms with Crippen LogP contribution in [-0.2, 0) is 4.79 Å². The van der Waals surface area contributed by atoms with Crippen LogP contribution in [0.4, 0.5) is 13.2 Å². The number of hydrogen-bond donors (Lipinski definition) is 2. The van der Waals surface area contributed by atoms with Gasteiger partial charge in [0.15, 0.2) is 0 Å². The number of hydrogen-bond acceptors (Lipinski definition) is 3. The SMILES string of the molecule is Cl.NCCC(=O)NCCSC(F)(F)F. The zero-order valence-electron chi connectivity index (χ0n) is 7.26. The monoisotopic (exact) mass is 252 g/mol. The third-order valence-electron chi connectivity index (χ3n) is 1.06. The predicted octanol–water partition coefficient (Wildman–Crippen LogP) is 1.13. The van der Waals surface area contributed by atoms with Gasteiger partial charge in [-0.3, -0.25) is 4.79 Å². The fraction of sp³-hybridized carbons (Fsp3) is 0.833. The zero-order valence-corrected chi connectivity index (χ0v) is 8.90. The van der Waals surface area contributed by atoms with Crippen molar-refractivity contribution in [1.29, 1.82) is 0 Å². The van der Waals surface area contributed by atoms with Crippen molar-refractivity contribution < 1.29 is 18.0 Å². The summed E-state index contributed by atoms with van der Waals surface area (Å²) in [5, 5.41) is 2.32. The Morgan fingerprint density at radius 2 is 2.00 bits per heavy atom. The molecule has 3 nitrogen and oxygen atoms in total. The molecule has 0 aliphatic heterocycles. The number of thioether (sulfide) groups is 1. The van der Waals surface area contributed by atoms with Gasteiger partial charge in [-0.25, -0.2) is 0 Å². The Bertz CT molecular complexity index is 168. The lowest BCUT2D eigenvalue weighted by atomic mass is 10.4. The van der Waals surface area contributed by atoms with E-state index in [1.54, 1.807) is 0 Å². The Hall–Kier alpha value is -0.140. The quantitative estimate of drug-likeness (QED) is 0.721. The molecule has 0 spiro atoms. The standard InChI is InChI=1S/C6H11F3N2OS.ClH/c7-6(8,9)13-4-3-11-5(12)1-2-10;/h1-4,10H2,(H,11,12);1H. The zero-order chi connectivity index (χ0) is 10.3. The molecule has 0 saturated carbocycles. The van der Waals surface area contributed by atoms with Gasteiger partial charge in [0, 0.05) is 25.3 Å². The van der Waals surface area contributed by atoms with Crippen LogP contribution in [0.1, 0.15) is 6.42 Å². The largest absolute Gasteiger partial charge is 0.441 e. The molecule has 0 aliphatic carbocycles. The van der Waals surface area contributed by atoms with Gasteiger partial charge in [0.1, 0.15) is 0 Å². The Labute approximate surface area is 90.4 Å². The predicted molar refractivity (Wildman–Crippen MR) is 52.4 cm³/mol. The van der Waals surface area contributed by atoms with Gasteiger partial charge in [-0.15, -0.1) is 12.4 Å². The molecule has 0 rings (SSSR count).